The number of unbranched alkanes of at least 4 members (excludes halogenated alkanes) is 28. The molecule has 0 saturated heterocycles. The number of amides is 4. The number of carboxylic acid groups (broad SMARTS) is 1. The van der Waals surface area contributed by atoms with Crippen molar-refractivity contribution in [2.24, 2.45) is 11.5 Å². The average Bonchev–Trinajstić information content (AvgIpc) is 3.19. The summed E-state index contributed by atoms with van der Waals surface area (Å²) in [7, 11) is 0. The van der Waals surface area contributed by atoms with Gasteiger partial charge in [-0.3, -0.25) is 24.0 Å². The van der Waals surface area contributed by atoms with E-state index in [-0.39, 0.29) is 24.7 Å². The van der Waals surface area contributed by atoms with Gasteiger partial charge in [0.25, 0.3) is 5.97 Å². The summed E-state index contributed by atoms with van der Waals surface area (Å²) < 4.78 is 0. The van der Waals surface area contributed by atoms with Crippen molar-refractivity contribution in [2.75, 3.05) is 39.3 Å². The van der Waals surface area contributed by atoms with Gasteiger partial charge in [-0.15, -0.1) is 0 Å². The maximum absolute atomic E-state index is 13.4. The van der Waals surface area contributed by atoms with Gasteiger partial charge < -0.3 is 31.7 Å². The van der Waals surface area contributed by atoms with Crippen LogP contribution in [0.1, 0.15) is 239 Å². The summed E-state index contributed by atoms with van der Waals surface area (Å²) in [6, 6.07) is 0. The molecule has 11 heteroatoms. The molecule has 0 aromatic carbocycles. The van der Waals surface area contributed by atoms with E-state index in [4.69, 9.17) is 21.4 Å². The fraction of sp³-hybridized carbons (Fsp3) is 0.896. The molecule has 348 valence electrons. The topological polar surface area (TPSA) is 176 Å². The van der Waals surface area contributed by atoms with E-state index in [2.05, 4.69) is 19.2 Å². The first kappa shape index (κ1) is 58.4. The third-order valence-electron chi connectivity index (χ3n) is 11.1. The standard InChI is InChI=1S/C46H91N5O4.C2H4O2/c1-3-5-7-9-11-13-15-17-19-21-23-25-27-29-31-33-45(54)49-37-40-51(42-41-50(38-35-43(47)52)39-36-44(48)53)46(55)34-32-30-28-26-24-22-20-18-16-14-12-10-8-6-4-2;1-2(3)4/h3-42H2,1-2H3,(H2,47,52)(H2,48,53)(H,49,54);1H3,(H,3,4). The number of carbonyl (C=O) groups excluding carboxylic acids is 4. The van der Waals surface area contributed by atoms with Gasteiger partial charge in [0.1, 0.15) is 0 Å². The number of nitrogens with zero attached hydrogens (tertiary/aromatic N) is 2. The summed E-state index contributed by atoms with van der Waals surface area (Å²) >= 11 is 0. The van der Waals surface area contributed by atoms with Crippen LogP contribution in [0.3, 0.4) is 0 Å². The summed E-state index contributed by atoms with van der Waals surface area (Å²) in [5.41, 5.74) is 10.8. The molecule has 0 saturated carbocycles. The van der Waals surface area contributed by atoms with Gasteiger partial charge in [0.15, 0.2) is 0 Å². The maximum Gasteiger partial charge on any atom is 0.300 e. The first-order valence-corrected chi connectivity index (χ1v) is 24.6. The van der Waals surface area contributed by atoms with Crippen molar-refractivity contribution in [1.29, 1.82) is 0 Å². The van der Waals surface area contributed by atoms with Crippen LogP contribution in [0.25, 0.3) is 0 Å². The maximum atomic E-state index is 13.4. The zero-order valence-electron chi connectivity index (χ0n) is 38.8. The first-order valence-electron chi connectivity index (χ1n) is 24.6. The van der Waals surface area contributed by atoms with Gasteiger partial charge in [-0.05, 0) is 12.8 Å². The van der Waals surface area contributed by atoms with E-state index in [1.165, 1.54) is 161 Å². The average molecular weight is 838 g/mol. The molecule has 0 atom stereocenters. The van der Waals surface area contributed by atoms with Crippen LogP contribution >= 0.6 is 0 Å². The number of hydrogen-bond donors (Lipinski definition) is 4. The highest BCUT2D eigenvalue weighted by molar-refractivity contribution is 5.77. The zero-order valence-corrected chi connectivity index (χ0v) is 38.8. The molecule has 11 nitrogen and oxygen atoms in total. The van der Waals surface area contributed by atoms with Crippen molar-refractivity contribution in [3.8, 4) is 0 Å². The van der Waals surface area contributed by atoms with Crippen molar-refractivity contribution in [2.45, 2.75) is 239 Å². The highest BCUT2D eigenvalue weighted by Gasteiger charge is 2.16. The van der Waals surface area contributed by atoms with Crippen molar-refractivity contribution in [3.05, 3.63) is 0 Å². The number of carboxylic acids is 1. The quantitative estimate of drug-likeness (QED) is 0.0441. The molecule has 0 spiro atoms. The molecule has 0 unspecified atom stereocenters. The molecule has 6 N–H and O–H groups in total. The molecule has 4 amide bonds. The zero-order chi connectivity index (χ0) is 44.0. The van der Waals surface area contributed by atoms with Gasteiger partial charge in [-0.25, -0.2) is 0 Å². The lowest BCUT2D eigenvalue weighted by atomic mass is 10.0. The second-order valence-corrected chi connectivity index (χ2v) is 16.9. The van der Waals surface area contributed by atoms with Crippen LogP contribution in [0.15, 0.2) is 0 Å². The fourth-order valence-electron chi connectivity index (χ4n) is 7.38. The lowest BCUT2D eigenvalue weighted by Crippen LogP contribution is -2.43. The lowest BCUT2D eigenvalue weighted by molar-refractivity contribution is -0.134. The minimum absolute atomic E-state index is 0.0500. The normalized spacial score (nSPS) is 11.0. The van der Waals surface area contributed by atoms with E-state index < -0.39 is 17.8 Å². The lowest BCUT2D eigenvalue weighted by Gasteiger charge is -2.28. The third kappa shape index (κ3) is 49.6. The second-order valence-electron chi connectivity index (χ2n) is 16.9. The Morgan fingerprint density at radius 2 is 0.729 bits per heavy atom. The molecule has 59 heavy (non-hydrogen) atoms. The van der Waals surface area contributed by atoms with E-state index in [1.54, 1.807) is 0 Å². The largest absolute Gasteiger partial charge is 0.481 e. The molecule has 0 aromatic heterocycles. The summed E-state index contributed by atoms with van der Waals surface area (Å²) in [5, 5.41) is 10.5. The summed E-state index contributed by atoms with van der Waals surface area (Å²) in [4.78, 5) is 61.7. The smallest absolute Gasteiger partial charge is 0.300 e. The molecular formula is C48H95N5O6. The van der Waals surface area contributed by atoms with Gasteiger partial charge in [0.2, 0.25) is 23.6 Å². The molecule has 0 rings (SSSR count). The number of nitrogens with one attached hydrogen (secondary N) is 1. The Hall–Kier alpha value is -2.69. The van der Waals surface area contributed by atoms with Crippen LogP contribution in [0.2, 0.25) is 0 Å². The Bertz CT molecular complexity index is 975. The monoisotopic (exact) mass is 838 g/mol. The second kappa shape index (κ2) is 46.4. The van der Waals surface area contributed by atoms with E-state index in [0.29, 0.717) is 52.1 Å². The molecule has 0 radical (unpaired) electrons. The summed E-state index contributed by atoms with van der Waals surface area (Å²) in [6.45, 7) is 8.30. The molecule has 0 heterocycles. The van der Waals surface area contributed by atoms with Gasteiger partial charge >= 0.3 is 0 Å². The summed E-state index contributed by atoms with van der Waals surface area (Å²) in [5.74, 6) is -1.49. The molecule has 0 fully saturated rings. The van der Waals surface area contributed by atoms with Crippen molar-refractivity contribution in [1.82, 2.24) is 15.1 Å². The fourth-order valence-corrected chi connectivity index (χ4v) is 7.38. The molecule has 0 bridgehead atoms. The van der Waals surface area contributed by atoms with Crippen molar-refractivity contribution in [3.63, 3.8) is 0 Å². The van der Waals surface area contributed by atoms with Gasteiger partial charge in [0.05, 0.1) is 0 Å². The molecule has 0 aromatic rings. The van der Waals surface area contributed by atoms with Crippen LogP contribution in [0, 0.1) is 0 Å². The summed E-state index contributed by atoms with van der Waals surface area (Å²) in [6.07, 6.45) is 40.1. The van der Waals surface area contributed by atoms with Gasteiger partial charge in [-0.2, -0.15) is 0 Å². The molecule has 0 aliphatic heterocycles. The SMILES string of the molecule is CC(=O)O.CCCCCCCCCCCCCCCCCC(=O)NCCN(CCN(CCC(N)=O)CCC(N)=O)C(=O)CCCCCCCCCCCCCCCCC. The van der Waals surface area contributed by atoms with Gasteiger partial charge in [-0.1, -0.05) is 194 Å². The Morgan fingerprint density at radius 1 is 0.424 bits per heavy atom. The predicted molar refractivity (Wildman–Crippen MR) is 246 cm³/mol. The molecule has 0 aliphatic rings. The number of primary amides is 2. The first-order chi connectivity index (χ1) is 28.5. The van der Waals surface area contributed by atoms with E-state index in [0.717, 1.165) is 39.0 Å². The number of rotatable bonds is 44. The highest BCUT2D eigenvalue weighted by atomic mass is 16.4. The van der Waals surface area contributed by atoms with Crippen LogP contribution in [-0.4, -0.2) is 83.8 Å². The van der Waals surface area contributed by atoms with Crippen molar-refractivity contribution < 1.29 is 29.1 Å². The number of nitrogens with two attached hydrogens (primary N) is 2. The van der Waals surface area contributed by atoms with Crippen LogP contribution in [0.5, 0.6) is 0 Å². The van der Waals surface area contributed by atoms with Crippen LogP contribution in [0.4, 0.5) is 0 Å². The van der Waals surface area contributed by atoms with Gasteiger partial charge in [0, 0.05) is 71.9 Å². The van der Waals surface area contributed by atoms with E-state index in [1.807, 2.05) is 9.80 Å². The molecular weight excluding hydrogens is 743 g/mol. The third-order valence-corrected chi connectivity index (χ3v) is 11.1. The minimum atomic E-state index is -0.833. The Morgan fingerprint density at radius 3 is 1.05 bits per heavy atom. The number of hydrogen-bond acceptors (Lipinski definition) is 6. The minimum Gasteiger partial charge on any atom is -0.481 e. The van der Waals surface area contributed by atoms with E-state index in [9.17, 15) is 19.2 Å². The number of aliphatic carboxylic acids is 1. The highest BCUT2D eigenvalue weighted by Crippen LogP contribution is 2.16. The molecule has 0 aliphatic carbocycles. The Balaban J connectivity index is 0. The van der Waals surface area contributed by atoms with Crippen LogP contribution < -0.4 is 16.8 Å². The number of carbonyl (C=O) groups is 5. The Labute approximate surface area is 362 Å². The predicted octanol–water partition coefficient (Wildman–Crippen LogP) is 10.6. The van der Waals surface area contributed by atoms with Crippen LogP contribution in [-0.2, 0) is 24.0 Å². The Kier molecular flexibility index (Phi) is 45.9. The van der Waals surface area contributed by atoms with Crippen molar-refractivity contribution >= 4 is 29.6 Å². The van der Waals surface area contributed by atoms with E-state index >= 15 is 0 Å².